The first kappa shape index (κ1) is 13.0. The molecule has 98 valence electrons. The standard InChI is InChI=1S/C11H9N3O4S/c15-11(16)9-3-5-13-7-10(9)14-19(17,18)8-2-1-4-12-6-8/h1-7,14H,(H,15,16). The number of pyridine rings is 2. The van der Waals surface area contributed by atoms with Crippen LogP contribution in [0.3, 0.4) is 0 Å². The number of carbonyl (C=O) groups is 1. The second-order valence-corrected chi connectivity index (χ2v) is 5.20. The molecular formula is C11H9N3O4S. The van der Waals surface area contributed by atoms with E-state index in [1.165, 1.54) is 36.8 Å². The summed E-state index contributed by atoms with van der Waals surface area (Å²) in [5.41, 5.74) is -0.277. The summed E-state index contributed by atoms with van der Waals surface area (Å²) in [7, 11) is -3.89. The van der Waals surface area contributed by atoms with Crippen molar-refractivity contribution < 1.29 is 18.3 Å². The van der Waals surface area contributed by atoms with Crippen LogP contribution < -0.4 is 4.72 Å². The van der Waals surface area contributed by atoms with Gasteiger partial charge in [0.05, 0.1) is 17.4 Å². The molecule has 8 heteroatoms. The van der Waals surface area contributed by atoms with E-state index in [4.69, 9.17) is 5.11 Å². The van der Waals surface area contributed by atoms with E-state index in [1.54, 1.807) is 0 Å². The van der Waals surface area contributed by atoms with Gasteiger partial charge in [0, 0.05) is 18.6 Å². The molecule has 0 unspecified atom stereocenters. The van der Waals surface area contributed by atoms with E-state index in [1.807, 2.05) is 0 Å². The van der Waals surface area contributed by atoms with Crippen LogP contribution >= 0.6 is 0 Å². The maximum atomic E-state index is 12.0. The molecule has 0 aliphatic heterocycles. The topological polar surface area (TPSA) is 109 Å². The maximum Gasteiger partial charge on any atom is 0.337 e. The number of rotatable bonds is 4. The second kappa shape index (κ2) is 5.02. The van der Waals surface area contributed by atoms with Crippen molar-refractivity contribution in [2.45, 2.75) is 4.90 Å². The first-order valence-electron chi connectivity index (χ1n) is 5.11. The zero-order valence-electron chi connectivity index (χ0n) is 9.52. The summed E-state index contributed by atoms with van der Waals surface area (Å²) >= 11 is 0. The fraction of sp³-hybridized carbons (Fsp3) is 0. The lowest BCUT2D eigenvalue weighted by molar-refractivity contribution is 0.0698. The number of nitrogens with one attached hydrogen (secondary N) is 1. The highest BCUT2D eigenvalue weighted by atomic mass is 32.2. The number of hydrogen-bond acceptors (Lipinski definition) is 5. The minimum Gasteiger partial charge on any atom is -0.478 e. The number of aromatic carboxylic acids is 1. The molecule has 2 aromatic rings. The lowest BCUT2D eigenvalue weighted by Crippen LogP contribution is -2.15. The van der Waals surface area contributed by atoms with Gasteiger partial charge in [-0.25, -0.2) is 13.2 Å². The van der Waals surface area contributed by atoms with E-state index < -0.39 is 16.0 Å². The minimum atomic E-state index is -3.89. The Bertz CT molecular complexity index is 701. The Morgan fingerprint density at radius 1 is 1.16 bits per heavy atom. The van der Waals surface area contributed by atoms with Crippen molar-refractivity contribution in [1.82, 2.24) is 9.97 Å². The smallest absolute Gasteiger partial charge is 0.337 e. The summed E-state index contributed by atoms with van der Waals surface area (Å²) < 4.78 is 26.2. The third-order valence-electron chi connectivity index (χ3n) is 2.24. The number of nitrogens with zero attached hydrogens (tertiary/aromatic N) is 2. The number of aromatic nitrogens is 2. The second-order valence-electron chi connectivity index (χ2n) is 3.52. The lowest BCUT2D eigenvalue weighted by atomic mass is 10.2. The van der Waals surface area contributed by atoms with Crippen LogP contribution in [-0.4, -0.2) is 29.5 Å². The molecule has 7 nitrogen and oxygen atoms in total. The SMILES string of the molecule is O=C(O)c1ccncc1NS(=O)(=O)c1cccnc1. The van der Waals surface area contributed by atoms with Crippen LogP contribution in [0.5, 0.6) is 0 Å². The molecule has 2 rings (SSSR count). The first-order valence-corrected chi connectivity index (χ1v) is 6.59. The van der Waals surface area contributed by atoms with Crippen LogP contribution in [0.2, 0.25) is 0 Å². The van der Waals surface area contributed by atoms with E-state index in [0.717, 1.165) is 6.20 Å². The highest BCUT2D eigenvalue weighted by Gasteiger charge is 2.18. The first-order chi connectivity index (χ1) is 9.00. The third-order valence-corrected chi connectivity index (χ3v) is 3.59. The van der Waals surface area contributed by atoms with Crippen molar-refractivity contribution in [3.8, 4) is 0 Å². The van der Waals surface area contributed by atoms with Crippen LogP contribution in [-0.2, 0) is 10.0 Å². The van der Waals surface area contributed by atoms with E-state index in [0.29, 0.717) is 0 Å². The Kier molecular flexibility index (Phi) is 3.43. The van der Waals surface area contributed by atoms with E-state index in [2.05, 4.69) is 14.7 Å². The summed E-state index contributed by atoms with van der Waals surface area (Å²) in [5, 5.41) is 8.96. The molecule has 0 aliphatic rings. The Morgan fingerprint density at radius 3 is 2.53 bits per heavy atom. The molecule has 2 N–H and O–H groups in total. The molecule has 0 saturated carbocycles. The fourth-order valence-corrected chi connectivity index (χ4v) is 2.40. The number of anilines is 1. The number of carboxylic acid groups (broad SMARTS) is 1. The molecule has 0 aromatic carbocycles. The Hall–Kier alpha value is -2.48. The number of carboxylic acids is 1. The van der Waals surface area contributed by atoms with Crippen molar-refractivity contribution in [2.75, 3.05) is 4.72 Å². The average molecular weight is 279 g/mol. The van der Waals surface area contributed by atoms with Gasteiger partial charge in [-0.3, -0.25) is 14.7 Å². The molecular weight excluding hydrogens is 270 g/mol. The molecule has 2 heterocycles. The van der Waals surface area contributed by atoms with Crippen LogP contribution in [0.25, 0.3) is 0 Å². The van der Waals surface area contributed by atoms with E-state index >= 15 is 0 Å². The predicted molar refractivity (Wildman–Crippen MR) is 66.2 cm³/mol. The van der Waals surface area contributed by atoms with Crippen LogP contribution in [0.4, 0.5) is 5.69 Å². The Morgan fingerprint density at radius 2 is 1.89 bits per heavy atom. The van der Waals surface area contributed by atoms with Gasteiger partial charge in [0.2, 0.25) is 0 Å². The van der Waals surface area contributed by atoms with Crippen molar-refractivity contribution in [1.29, 1.82) is 0 Å². The van der Waals surface area contributed by atoms with E-state index in [9.17, 15) is 13.2 Å². The van der Waals surface area contributed by atoms with Crippen LogP contribution in [0, 0.1) is 0 Å². The van der Waals surface area contributed by atoms with Crippen LogP contribution in [0.15, 0.2) is 47.9 Å². The van der Waals surface area contributed by atoms with Crippen molar-refractivity contribution >= 4 is 21.7 Å². The lowest BCUT2D eigenvalue weighted by Gasteiger charge is -2.09. The Labute approximate surface area is 109 Å². The molecule has 2 aromatic heterocycles. The zero-order chi connectivity index (χ0) is 13.9. The van der Waals surface area contributed by atoms with Gasteiger partial charge in [0.15, 0.2) is 0 Å². The highest BCUT2D eigenvalue weighted by Crippen LogP contribution is 2.18. The Balaban J connectivity index is 2.39. The molecule has 0 amide bonds. The normalized spacial score (nSPS) is 10.9. The van der Waals surface area contributed by atoms with Gasteiger partial charge in [-0.2, -0.15) is 0 Å². The zero-order valence-corrected chi connectivity index (χ0v) is 10.3. The minimum absolute atomic E-state index is 0.0600. The van der Waals surface area contributed by atoms with Crippen molar-refractivity contribution in [3.63, 3.8) is 0 Å². The molecule has 0 radical (unpaired) electrons. The number of hydrogen-bond donors (Lipinski definition) is 2. The predicted octanol–water partition coefficient (Wildman–Crippen LogP) is 0.976. The van der Waals surface area contributed by atoms with Gasteiger partial charge in [-0.15, -0.1) is 0 Å². The summed E-state index contributed by atoms with van der Waals surface area (Å²) in [6.45, 7) is 0. The summed E-state index contributed by atoms with van der Waals surface area (Å²) in [5.74, 6) is -1.24. The summed E-state index contributed by atoms with van der Waals surface area (Å²) in [6.07, 6.45) is 5.01. The van der Waals surface area contributed by atoms with Gasteiger partial charge in [-0.1, -0.05) is 0 Å². The fourth-order valence-electron chi connectivity index (χ4n) is 1.37. The van der Waals surface area contributed by atoms with Gasteiger partial charge in [-0.05, 0) is 18.2 Å². The molecule has 0 bridgehead atoms. The van der Waals surface area contributed by atoms with Crippen molar-refractivity contribution in [3.05, 3.63) is 48.5 Å². The average Bonchev–Trinajstić information content (AvgIpc) is 2.39. The van der Waals surface area contributed by atoms with Crippen LogP contribution in [0.1, 0.15) is 10.4 Å². The van der Waals surface area contributed by atoms with Gasteiger partial charge < -0.3 is 5.11 Å². The molecule has 0 aliphatic carbocycles. The summed E-state index contributed by atoms with van der Waals surface area (Å²) in [6, 6.07) is 4.03. The summed E-state index contributed by atoms with van der Waals surface area (Å²) in [4.78, 5) is 18.3. The molecule has 0 fully saturated rings. The maximum absolute atomic E-state index is 12.0. The highest BCUT2D eigenvalue weighted by molar-refractivity contribution is 7.92. The molecule has 19 heavy (non-hydrogen) atoms. The quantitative estimate of drug-likeness (QED) is 0.863. The van der Waals surface area contributed by atoms with Gasteiger partial charge in [0.1, 0.15) is 4.90 Å². The van der Waals surface area contributed by atoms with Crippen molar-refractivity contribution in [2.24, 2.45) is 0 Å². The molecule has 0 spiro atoms. The monoisotopic (exact) mass is 279 g/mol. The number of sulfonamides is 1. The third kappa shape index (κ3) is 2.86. The molecule has 0 saturated heterocycles. The van der Waals surface area contributed by atoms with E-state index in [-0.39, 0.29) is 16.1 Å². The van der Waals surface area contributed by atoms with Gasteiger partial charge in [0.25, 0.3) is 10.0 Å². The largest absolute Gasteiger partial charge is 0.478 e. The molecule has 0 atom stereocenters. The van der Waals surface area contributed by atoms with Gasteiger partial charge >= 0.3 is 5.97 Å².